The van der Waals surface area contributed by atoms with Gasteiger partial charge in [0.05, 0.1) is 50.7 Å². The fraction of sp³-hybridized carbons (Fsp3) is 0.975. The summed E-state index contributed by atoms with van der Waals surface area (Å²) in [6.45, 7) is 131. The first-order valence-electron chi connectivity index (χ1n) is 59.0. The number of aromatic nitrogens is 2. The van der Waals surface area contributed by atoms with Crippen LogP contribution in [0.1, 0.15) is 385 Å². The van der Waals surface area contributed by atoms with E-state index in [9.17, 15) is 0 Å². The normalized spacial score (nSPS) is 29.9. The quantitative estimate of drug-likeness (QED) is 0.167. The van der Waals surface area contributed by atoms with Gasteiger partial charge >= 0.3 is 0 Å². The number of nitrogens with one attached hydrogen (secondary N) is 5. The zero-order valence-electron chi connectivity index (χ0n) is 102. The molecular weight excluding hydrogens is 1770 g/mol. The van der Waals surface area contributed by atoms with Crippen LogP contribution in [0.2, 0.25) is 0 Å². The van der Waals surface area contributed by atoms with Crippen molar-refractivity contribution in [2.24, 2.45) is 5.41 Å². The maximum absolute atomic E-state index is 5.78. The number of piperidine rings is 3. The molecule has 838 valence electrons. The van der Waals surface area contributed by atoms with E-state index >= 15 is 0 Å². The van der Waals surface area contributed by atoms with Gasteiger partial charge in [-0.05, 0) is 419 Å². The van der Waals surface area contributed by atoms with Gasteiger partial charge in [0, 0.05) is 295 Å². The van der Waals surface area contributed by atoms with Gasteiger partial charge in [-0.1, -0.05) is 6.42 Å². The molecule has 22 heterocycles. The molecule has 1 spiro atoms. The summed E-state index contributed by atoms with van der Waals surface area (Å²) >= 11 is 0. The molecule has 5 N–H and O–H groups in total. The maximum atomic E-state index is 5.78. The number of hydrogen-bond acceptors (Lipinski definition) is 23. The molecule has 1 aromatic heterocycles. The Morgan fingerprint density at radius 2 is 0.706 bits per heavy atom. The zero-order valence-corrected chi connectivity index (χ0v) is 102. The second kappa shape index (κ2) is 53.2. The highest BCUT2D eigenvalue weighted by molar-refractivity contribution is 5.07. The van der Waals surface area contributed by atoms with Crippen molar-refractivity contribution in [3.63, 3.8) is 0 Å². The van der Waals surface area contributed by atoms with E-state index in [1.165, 1.54) is 259 Å². The van der Waals surface area contributed by atoms with Gasteiger partial charge in [-0.2, -0.15) is 0 Å². The van der Waals surface area contributed by atoms with Gasteiger partial charge in [0.1, 0.15) is 0 Å². The molecule has 11 atom stereocenters. The predicted octanol–water partition coefficient (Wildman–Crippen LogP) is 17.8. The van der Waals surface area contributed by atoms with E-state index in [0.717, 1.165) is 140 Å². The monoisotopic (exact) mass is 2010 g/mol. The summed E-state index contributed by atoms with van der Waals surface area (Å²) in [6.07, 6.45) is 28.5. The largest absolute Gasteiger partial charge is 0.380 e. The van der Waals surface area contributed by atoms with E-state index in [1.54, 1.807) is 0 Å². The number of morpholine rings is 2. The highest BCUT2D eigenvalue weighted by Crippen LogP contribution is 2.42. The SMILES string of the molecule is CC(C)(C)N1C2CCC1CNC2.CC(C)(C)N1CC2(COC2)C1.CC(C)(C)N1CC2CC1CN2.CC(C)(C)N1CC2CCC(C1)N2.CC(C)(C)N1CC2CCC(C1)O2.CC(C)(C)N1CC2CCC1CN2.CC(C)(C)N1CCC1.CC(C)(C)N1CCCC1.CC(C)(C)N1CCCCC1.CC(C)(C)N1CCN2CCCC2C1.CC(C)(C)N1CCNCC1.CC(C)(C)N1CCOCC1.CC(C)(C)N1CCn2cncc2C1. The number of likely N-dealkylation sites (tertiary alicyclic amines) is 7. The molecule has 10 bridgehead atoms. The van der Waals surface area contributed by atoms with E-state index in [2.05, 4.69) is 375 Å². The molecule has 0 radical (unpaired) electrons. The lowest BCUT2D eigenvalue weighted by molar-refractivity contribution is -0.207. The van der Waals surface area contributed by atoms with E-state index in [0.29, 0.717) is 84.1 Å². The fourth-order valence-corrected chi connectivity index (χ4v) is 25.0. The number of rotatable bonds is 0. The molecule has 20 saturated heterocycles. The smallest absolute Gasteiger partial charge is 0.0949 e. The third-order valence-electron chi connectivity index (χ3n) is 34.7. The molecule has 11 unspecified atom stereocenters. The molecule has 143 heavy (non-hydrogen) atoms. The molecule has 0 amide bonds. The van der Waals surface area contributed by atoms with Gasteiger partial charge in [0.15, 0.2) is 0 Å². The number of piperazine rings is 6. The van der Waals surface area contributed by atoms with E-state index < -0.39 is 0 Å². The Kier molecular flexibility index (Phi) is 46.4. The van der Waals surface area contributed by atoms with Crippen LogP contribution in [-0.4, -0.2) is 433 Å². The number of ether oxygens (including phenoxy) is 3. The molecule has 0 saturated carbocycles. The van der Waals surface area contributed by atoms with Crippen LogP contribution >= 0.6 is 0 Å². The van der Waals surface area contributed by atoms with Gasteiger partial charge in [0.25, 0.3) is 0 Å². The number of fused-ring (bicyclic) bond motifs is 13. The van der Waals surface area contributed by atoms with Crippen LogP contribution < -0.4 is 26.6 Å². The third kappa shape index (κ3) is 40.6. The van der Waals surface area contributed by atoms with Crippen LogP contribution in [0.3, 0.4) is 0 Å². The van der Waals surface area contributed by atoms with E-state index in [-0.39, 0.29) is 5.54 Å². The Morgan fingerprint density at radius 3 is 1.06 bits per heavy atom. The summed E-state index contributed by atoms with van der Waals surface area (Å²) < 4.78 is 18.5. The lowest BCUT2D eigenvalue weighted by Crippen LogP contribution is -2.69. The van der Waals surface area contributed by atoms with Crippen LogP contribution in [0, 0.1) is 5.41 Å². The van der Waals surface area contributed by atoms with Crippen LogP contribution in [0.5, 0.6) is 0 Å². The van der Waals surface area contributed by atoms with Gasteiger partial charge < -0.3 is 45.4 Å². The first-order valence-corrected chi connectivity index (χ1v) is 59.0. The minimum Gasteiger partial charge on any atom is -0.380 e. The second-order valence-corrected chi connectivity index (χ2v) is 59.8. The van der Waals surface area contributed by atoms with E-state index in [4.69, 9.17) is 14.2 Å². The van der Waals surface area contributed by atoms with Gasteiger partial charge in [-0.25, -0.2) is 4.98 Å². The second-order valence-electron chi connectivity index (χ2n) is 59.8. The lowest BCUT2D eigenvalue weighted by atomic mass is 9.75. The Hall–Kier alpha value is -1.67. The third-order valence-corrected chi connectivity index (χ3v) is 34.7. The molecule has 21 aliphatic heterocycles. The zero-order chi connectivity index (χ0) is 106. The van der Waals surface area contributed by atoms with Crippen LogP contribution in [0.25, 0.3) is 0 Å². The van der Waals surface area contributed by atoms with Crippen LogP contribution in [0.4, 0.5) is 0 Å². The van der Waals surface area contributed by atoms with Crippen molar-refractivity contribution >= 4 is 0 Å². The molecule has 24 heteroatoms. The summed E-state index contributed by atoms with van der Waals surface area (Å²) in [6, 6.07) is 7.23. The number of nitrogens with zero attached hydrogens (tertiary/aromatic N) is 16. The highest BCUT2D eigenvalue weighted by atomic mass is 16.5. The molecule has 22 rings (SSSR count). The highest BCUT2D eigenvalue weighted by Gasteiger charge is 2.52. The number of imidazole rings is 1. The molecule has 0 aliphatic carbocycles. The Morgan fingerprint density at radius 1 is 0.294 bits per heavy atom. The summed E-state index contributed by atoms with van der Waals surface area (Å²) in [5, 5.41) is 17.6. The topological polar surface area (TPSA) is 151 Å². The van der Waals surface area contributed by atoms with Crippen molar-refractivity contribution < 1.29 is 14.2 Å². The number of hydrogen-bond donors (Lipinski definition) is 5. The van der Waals surface area contributed by atoms with Crippen molar-refractivity contribution in [3.8, 4) is 0 Å². The van der Waals surface area contributed by atoms with Crippen molar-refractivity contribution in [1.82, 2.24) is 105 Å². The summed E-state index contributed by atoms with van der Waals surface area (Å²) in [4.78, 5) is 40.3. The summed E-state index contributed by atoms with van der Waals surface area (Å²) in [5.41, 5.74) is 6.65. The predicted molar refractivity (Wildman–Crippen MR) is 611 cm³/mol. The molecule has 24 nitrogen and oxygen atoms in total. The van der Waals surface area contributed by atoms with Crippen molar-refractivity contribution in [2.45, 2.75) is 531 Å². The standard InChI is InChI=1S/C11H22N2.C10H17N3.3C10H20N2.C10H19NO.C9H18N2.C9H17NO.C9H19N.C8H18N2.C8H17NO.C8H17N.C7H15N/c1-11(2,3)13-8-7-12-6-4-5-10(12)9-13;1-10(2,3)13-5-4-12-8-11-6-9(12)7-13;1-10(2,3)12-7-8-4-5-9(12)6-11-8;1-10(2,3)12-6-8-4-5-9(7-12)11-8;1-10(2,3)12-8-4-5-9(12)7-11-6-8;1-10(2,3)11-6-8-4-5-9(7-11)12-8;1-9(2,3)11-6-7-4-8(11)5-10-7;1-8(2,3)10-4-9(5-10)6-11-7-9;1-9(2,3)10-7-5-4-6-8-10;1-8(2,3)10-6-4-9-5-7-10;1-8(2,3)9-4-6-10-7-5-9;1-8(2,3)9-6-4-5-7-9;1-7(2,3)8-5-4-6-8/h10H,4-9H2,1-3H3;6,8H,4-5,7H2,1-3H3;3*8-9,11H,4-7H2,1-3H3;8-9H,4-7H2,1-3H3;7-8,10H,4-6H2,1-3H3;4-7H2,1-3H3;4-8H2,1-3H3;9H,4-7H2,1-3H3;4-7H2,1-3H3;4-7H2,1-3H3;4-6H2,1-3H3. The van der Waals surface area contributed by atoms with E-state index in [1.807, 2.05) is 12.5 Å². The average molecular weight is 2010 g/mol. The van der Waals surface area contributed by atoms with Gasteiger partial charge in [-0.15, -0.1) is 0 Å². The maximum Gasteiger partial charge on any atom is 0.0949 e. The lowest BCUT2D eigenvalue weighted by Gasteiger charge is -2.59. The Labute approximate surface area is 884 Å². The fourth-order valence-electron chi connectivity index (χ4n) is 25.0. The minimum absolute atomic E-state index is 0.273. The van der Waals surface area contributed by atoms with Crippen molar-refractivity contribution in [2.75, 3.05) is 216 Å². The molecule has 20 fully saturated rings. The summed E-state index contributed by atoms with van der Waals surface area (Å²) in [7, 11) is 0. The average Bonchev–Trinajstić information content (AvgIpc) is 1.05. The van der Waals surface area contributed by atoms with Crippen molar-refractivity contribution in [1.29, 1.82) is 0 Å². The summed E-state index contributed by atoms with van der Waals surface area (Å²) in [5.74, 6) is 0. The first-order chi connectivity index (χ1) is 66.0. The van der Waals surface area contributed by atoms with Crippen LogP contribution in [-0.2, 0) is 27.3 Å². The molecule has 1 aromatic rings. The first kappa shape index (κ1) is 125. The van der Waals surface area contributed by atoms with Crippen molar-refractivity contribution in [3.05, 3.63) is 18.2 Å². The molecule has 21 aliphatic rings. The Balaban J connectivity index is 0.000000173. The molecular formula is C119H239N21O3. The minimum atomic E-state index is 0.273. The van der Waals surface area contributed by atoms with Gasteiger partial charge in [-0.3, -0.25) is 68.6 Å². The molecule has 0 aromatic carbocycles. The van der Waals surface area contributed by atoms with Crippen LogP contribution in [0.15, 0.2) is 12.5 Å². The Bertz CT molecular complexity index is 3520. The van der Waals surface area contributed by atoms with Gasteiger partial charge in [0.2, 0.25) is 0 Å².